The van der Waals surface area contributed by atoms with E-state index in [1.165, 1.54) is 28.0 Å². The van der Waals surface area contributed by atoms with Crippen molar-refractivity contribution in [2.45, 2.75) is 18.6 Å². The number of nitrogens with one attached hydrogen (secondary N) is 1. The highest BCUT2D eigenvalue weighted by Gasteiger charge is 2.16. The lowest BCUT2D eigenvalue weighted by molar-refractivity contribution is -0.113. The summed E-state index contributed by atoms with van der Waals surface area (Å²) in [5, 5.41) is 16.7. The first-order valence-corrected chi connectivity index (χ1v) is 12.8. The van der Waals surface area contributed by atoms with Crippen LogP contribution in [-0.2, 0) is 11.3 Å². The van der Waals surface area contributed by atoms with E-state index >= 15 is 0 Å². The van der Waals surface area contributed by atoms with Crippen LogP contribution in [0.3, 0.4) is 0 Å². The monoisotopic (exact) mass is 531 g/mol. The van der Waals surface area contributed by atoms with Crippen LogP contribution in [0.5, 0.6) is 0 Å². The van der Waals surface area contributed by atoms with Gasteiger partial charge in [-0.15, -0.1) is 39.4 Å². The lowest BCUT2D eigenvalue weighted by Crippen LogP contribution is -2.14. The summed E-state index contributed by atoms with van der Waals surface area (Å²) in [6, 6.07) is 9.99. The molecule has 1 amide bonds. The summed E-state index contributed by atoms with van der Waals surface area (Å²) >= 11 is 7.85. The lowest BCUT2D eigenvalue weighted by atomic mass is 10.2. The van der Waals surface area contributed by atoms with E-state index in [2.05, 4.69) is 61.4 Å². The Hall–Kier alpha value is -2.27. The van der Waals surface area contributed by atoms with Gasteiger partial charge in [0.15, 0.2) is 16.1 Å². The van der Waals surface area contributed by atoms with Crippen molar-refractivity contribution in [2.24, 2.45) is 0 Å². The van der Waals surface area contributed by atoms with E-state index in [9.17, 15) is 4.79 Å². The Balaban J connectivity index is 1.40. The lowest BCUT2D eigenvalue weighted by Gasteiger charge is -2.06. The summed E-state index contributed by atoms with van der Waals surface area (Å²) < 4.78 is 2.99. The van der Waals surface area contributed by atoms with Gasteiger partial charge in [0.05, 0.1) is 11.4 Å². The van der Waals surface area contributed by atoms with Gasteiger partial charge in [0.2, 0.25) is 5.91 Å². The van der Waals surface area contributed by atoms with Crippen LogP contribution in [-0.4, -0.2) is 31.4 Å². The maximum Gasteiger partial charge on any atom is 0.236 e. The molecule has 31 heavy (non-hydrogen) atoms. The molecule has 0 atom stereocenters. The molecule has 10 heteroatoms. The first-order valence-electron chi connectivity index (χ1n) is 9.27. The summed E-state index contributed by atoms with van der Waals surface area (Å²) in [6.45, 7) is 6.46. The minimum Gasteiger partial charge on any atom is -0.301 e. The molecule has 158 valence electrons. The fourth-order valence-electron chi connectivity index (χ4n) is 2.83. The summed E-state index contributed by atoms with van der Waals surface area (Å²) in [5.41, 5.74) is 2.86. The average molecular weight is 533 g/mol. The van der Waals surface area contributed by atoms with Gasteiger partial charge in [-0.05, 0) is 25.1 Å². The average Bonchev–Trinajstić information content (AvgIpc) is 3.48. The van der Waals surface area contributed by atoms with E-state index in [0.717, 1.165) is 27.1 Å². The second kappa shape index (κ2) is 9.90. The van der Waals surface area contributed by atoms with E-state index in [4.69, 9.17) is 0 Å². The van der Waals surface area contributed by atoms with Crippen LogP contribution in [0, 0.1) is 6.92 Å². The van der Waals surface area contributed by atoms with Crippen LogP contribution >= 0.6 is 50.4 Å². The number of thioether (sulfide) groups is 1. The molecule has 0 saturated carbocycles. The van der Waals surface area contributed by atoms with Crippen LogP contribution in [0.25, 0.3) is 22.6 Å². The number of thiophene rings is 1. The van der Waals surface area contributed by atoms with Crippen molar-refractivity contribution in [1.29, 1.82) is 0 Å². The molecule has 4 aromatic rings. The zero-order valence-electron chi connectivity index (χ0n) is 16.5. The highest BCUT2D eigenvalue weighted by atomic mass is 79.9. The van der Waals surface area contributed by atoms with Gasteiger partial charge in [-0.25, -0.2) is 4.98 Å². The van der Waals surface area contributed by atoms with Gasteiger partial charge in [0, 0.05) is 37.8 Å². The van der Waals surface area contributed by atoms with Crippen molar-refractivity contribution in [3.63, 3.8) is 0 Å². The Morgan fingerprint density at radius 3 is 2.74 bits per heavy atom. The highest BCUT2D eigenvalue weighted by molar-refractivity contribution is 9.10. The zero-order valence-corrected chi connectivity index (χ0v) is 20.6. The van der Waals surface area contributed by atoms with Crippen LogP contribution in [0.4, 0.5) is 5.13 Å². The molecule has 1 N–H and O–H groups in total. The standard InChI is InChI=1S/C21H18BrN5OS3/c1-3-8-27-19(15-9-13(2)29-10-15)25-26-21(27)31-12-18(28)24-20-23-17(11-30-20)14-4-6-16(22)7-5-14/h3-7,9-11H,1,8,12H2,2H3,(H,23,24,28). The van der Waals surface area contributed by atoms with Crippen LogP contribution in [0.2, 0.25) is 0 Å². The number of halogens is 1. The number of allylic oxidation sites excluding steroid dienone is 1. The molecule has 0 aliphatic heterocycles. The predicted molar refractivity (Wildman–Crippen MR) is 133 cm³/mol. The Morgan fingerprint density at radius 1 is 1.23 bits per heavy atom. The summed E-state index contributed by atoms with van der Waals surface area (Å²) in [6.07, 6.45) is 1.80. The van der Waals surface area contributed by atoms with Crippen LogP contribution < -0.4 is 5.32 Å². The number of hydrogen-bond donors (Lipinski definition) is 1. The first kappa shape index (κ1) is 21.9. The van der Waals surface area contributed by atoms with Gasteiger partial charge in [0.1, 0.15) is 0 Å². The van der Waals surface area contributed by atoms with E-state index < -0.39 is 0 Å². The maximum absolute atomic E-state index is 12.5. The van der Waals surface area contributed by atoms with Crippen molar-refractivity contribution in [3.8, 4) is 22.6 Å². The molecule has 0 aliphatic carbocycles. The van der Waals surface area contributed by atoms with Gasteiger partial charge in [-0.3, -0.25) is 9.36 Å². The van der Waals surface area contributed by atoms with Crippen LogP contribution in [0.1, 0.15) is 4.88 Å². The number of amides is 1. The molecule has 3 aromatic heterocycles. The Kier molecular flexibility index (Phi) is 7.01. The number of aromatic nitrogens is 4. The topological polar surface area (TPSA) is 72.7 Å². The highest BCUT2D eigenvalue weighted by Crippen LogP contribution is 2.29. The molecule has 1 aromatic carbocycles. The first-order chi connectivity index (χ1) is 15.0. The Bertz CT molecular complexity index is 1210. The van der Waals surface area contributed by atoms with E-state index in [1.807, 2.05) is 34.2 Å². The zero-order chi connectivity index (χ0) is 21.8. The molecule has 4 rings (SSSR count). The molecule has 0 saturated heterocycles. The van der Waals surface area contributed by atoms with Crippen molar-refractivity contribution in [2.75, 3.05) is 11.1 Å². The van der Waals surface area contributed by atoms with E-state index in [-0.39, 0.29) is 11.7 Å². The minimum absolute atomic E-state index is 0.136. The SMILES string of the molecule is C=CCn1c(SCC(=O)Nc2nc(-c3ccc(Br)cc3)cs2)nnc1-c1csc(C)c1. The molecule has 3 heterocycles. The maximum atomic E-state index is 12.5. The molecular formula is C21H18BrN5OS3. The predicted octanol–water partition coefficient (Wildman–Crippen LogP) is 6.12. The number of hydrogen-bond acceptors (Lipinski definition) is 7. The number of carbonyl (C=O) groups excluding carboxylic acids is 1. The van der Waals surface area contributed by atoms with E-state index in [1.54, 1.807) is 17.4 Å². The Morgan fingerprint density at radius 2 is 2.03 bits per heavy atom. The van der Waals surface area contributed by atoms with Gasteiger partial charge in [-0.1, -0.05) is 45.9 Å². The van der Waals surface area contributed by atoms with Gasteiger partial charge in [-0.2, -0.15) is 0 Å². The smallest absolute Gasteiger partial charge is 0.236 e. The second-order valence-electron chi connectivity index (χ2n) is 6.53. The molecule has 0 aliphatic rings. The molecule has 0 radical (unpaired) electrons. The minimum atomic E-state index is -0.136. The quantitative estimate of drug-likeness (QED) is 0.219. The number of benzene rings is 1. The third-order valence-electron chi connectivity index (χ3n) is 4.24. The van der Waals surface area contributed by atoms with E-state index in [0.29, 0.717) is 16.8 Å². The summed E-state index contributed by atoms with van der Waals surface area (Å²) in [5.74, 6) is 0.861. The molecule has 0 fully saturated rings. The number of thiazole rings is 1. The number of aryl methyl sites for hydroxylation is 1. The normalized spacial score (nSPS) is 10.9. The fraction of sp³-hybridized carbons (Fsp3) is 0.143. The van der Waals surface area contributed by atoms with Gasteiger partial charge < -0.3 is 5.32 Å². The number of nitrogens with zero attached hydrogens (tertiary/aromatic N) is 4. The molecule has 0 spiro atoms. The third kappa shape index (κ3) is 5.32. The summed E-state index contributed by atoms with van der Waals surface area (Å²) in [4.78, 5) is 18.2. The number of anilines is 1. The van der Waals surface area contributed by atoms with Crippen LogP contribution in [0.15, 0.2) is 63.4 Å². The fourth-order valence-corrected chi connectivity index (χ4v) is 5.26. The van der Waals surface area contributed by atoms with Crippen molar-refractivity contribution in [3.05, 3.63) is 63.1 Å². The second-order valence-corrected chi connectivity index (χ2v) is 10.4. The van der Waals surface area contributed by atoms with Crippen molar-refractivity contribution < 1.29 is 4.79 Å². The van der Waals surface area contributed by atoms with Crippen molar-refractivity contribution in [1.82, 2.24) is 19.7 Å². The molecule has 6 nitrogen and oxygen atoms in total. The van der Waals surface area contributed by atoms with Crippen molar-refractivity contribution >= 4 is 61.4 Å². The third-order valence-corrected chi connectivity index (χ3v) is 7.35. The van der Waals surface area contributed by atoms with Gasteiger partial charge in [0.25, 0.3) is 0 Å². The Labute approximate surface area is 200 Å². The van der Waals surface area contributed by atoms with Gasteiger partial charge >= 0.3 is 0 Å². The molecule has 0 bridgehead atoms. The summed E-state index contributed by atoms with van der Waals surface area (Å²) in [7, 11) is 0. The number of rotatable bonds is 8. The number of carbonyl (C=O) groups is 1. The molecular weight excluding hydrogens is 514 g/mol. The largest absolute Gasteiger partial charge is 0.301 e. The molecule has 0 unspecified atom stereocenters.